The Morgan fingerprint density at radius 1 is 0.882 bits per heavy atom. The van der Waals surface area contributed by atoms with Crippen LogP contribution in [0, 0.1) is 0 Å². The van der Waals surface area contributed by atoms with Crippen molar-refractivity contribution in [3.8, 4) is 11.5 Å². The van der Waals surface area contributed by atoms with Gasteiger partial charge in [-0.05, 0) is 34.4 Å². The average Bonchev–Trinajstić information content (AvgIpc) is 2.38. The molecule has 1 N–H and O–H groups in total. The maximum atomic E-state index is 9.83. The van der Waals surface area contributed by atoms with Crippen LogP contribution in [0.25, 0.3) is 21.5 Å². The first-order chi connectivity index (χ1) is 8.29. The van der Waals surface area contributed by atoms with Gasteiger partial charge in [0.05, 0.1) is 7.11 Å². The van der Waals surface area contributed by atoms with E-state index in [1.54, 1.807) is 13.2 Å². The molecule has 2 nitrogen and oxygen atoms in total. The molecule has 3 aromatic rings. The molecule has 0 fully saturated rings. The highest BCUT2D eigenvalue weighted by Gasteiger charge is 2.04. The molecule has 0 amide bonds. The highest BCUT2D eigenvalue weighted by atomic mass is 16.5. The zero-order valence-corrected chi connectivity index (χ0v) is 9.47. The van der Waals surface area contributed by atoms with Crippen molar-refractivity contribution in [1.29, 1.82) is 0 Å². The van der Waals surface area contributed by atoms with E-state index in [1.807, 2.05) is 42.5 Å². The summed E-state index contributed by atoms with van der Waals surface area (Å²) in [6.45, 7) is 0. The zero-order valence-electron chi connectivity index (χ0n) is 9.47. The topological polar surface area (TPSA) is 29.5 Å². The molecule has 84 valence electrons. The normalized spacial score (nSPS) is 10.9. The van der Waals surface area contributed by atoms with Crippen molar-refractivity contribution in [2.24, 2.45) is 0 Å². The largest absolute Gasteiger partial charge is 0.507 e. The van der Waals surface area contributed by atoms with Gasteiger partial charge < -0.3 is 9.84 Å². The van der Waals surface area contributed by atoms with Gasteiger partial charge in [0, 0.05) is 5.39 Å². The van der Waals surface area contributed by atoms with Crippen LogP contribution in [0.2, 0.25) is 0 Å². The van der Waals surface area contributed by atoms with Gasteiger partial charge in [0.15, 0.2) is 0 Å². The third kappa shape index (κ3) is 1.49. The molecule has 0 radical (unpaired) electrons. The van der Waals surface area contributed by atoms with Crippen molar-refractivity contribution in [3.63, 3.8) is 0 Å². The van der Waals surface area contributed by atoms with Crippen LogP contribution in [0.4, 0.5) is 0 Å². The summed E-state index contributed by atoms with van der Waals surface area (Å²) < 4.78 is 5.24. The van der Waals surface area contributed by atoms with Crippen LogP contribution >= 0.6 is 0 Å². The van der Waals surface area contributed by atoms with E-state index in [4.69, 9.17) is 4.74 Å². The standard InChI is InChI=1S/C15H12O2/c1-17-11-7-5-10-6-8-13-12(14(10)9-11)3-2-4-15(13)16/h2-9,16H,1H3. The van der Waals surface area contributed by atoms with Gasteiger partial charge >= 0.3 is 0 Å². The van der Waals surface area contributed by atoms with Gasteiger partial charge in [-0.25, -0.2) is 0 Å². The summed E-state index contributed by atoms with van der Waals surface area (Å²) >= 11 is 0. The molecule has 0 saturated carbocycles. The van der Waals surface area contributed by atoms with Gasteiger partial charge in [-0.15, -0.1) is 0 Å². The quantitative estimate of drug-likeness (QED) is 0.638. The molecular formula is C15H12O2. The van der Waals surface area contributed by atoms with E-state index >= 15 is 0 Å². The van der Waals surface area contributed by atoms with E-state index in [-0.39, 0.29) is 0 Å². The maximum absolute atomic E-state index is 9.83. The third-order valence-corrected chi connectivity index (χ3v) is 3.06. The SMILES string of the molecule is COc1ccc2ccc3c(O)cccc3c2c1. The monoisotopic (exact) mass is 224 g/mol. The Hall–Kier alpha value is -2.22. The molecule has 0 atom stereocenters. The van der Waals surface area contributed by atoms with Crippen molar-refractivity contribution in [2.75, 3.05) is 7.11 Å². The number of rotatable bonds is 1. The maximum Gasteiger partial charge on any atom is 0.123 e. The molecule has 3 rings (SSSR count). The smallest absolute Gasteiger partial charge is 0.123 e. The number of ether oxygens (including phenoxy) is 1. The molecule has 0 aromatic heterocycles. The number of fused-ring (bicyclic) bond motifs is 3. The van der Waals surface area contributed by atoms with Crippen LogP contribution in [0.1, 0.15) is 0 Å². The highest BCUT2D eigenvalue weighted by molar-refractivity contribution is 6.09. The molecule has 3 aromatic carbocycles. The number of hydrogen-bond donors (Lipinski definition) is 1. The Kier molecular flexibility index (Phi) is 2.15. The predicted octanol–water partition coefficient (Wildman–Crippen LogP) is 3.71. The lowest BCUT2D eigenvalue weighted by atomic mass is 10.0. The Morgan fingerprint density at radius 2 is 1.71 bits per heavy atom. The van der Waals surface area contributed by atoms with Gasteiger partial charge in [0.2, 0.25) is 0 Å². The number of phenolic OH excluding ortho intramolecular Hbond substituents is 1. The number of methoxy groups -OCH3 is 1. The number of benzene rings is 3. The molecule has 0 heterocycles. The second-order valence-corrected chi connectivity index (χ2v) is 4.02. The highest BCUT2D eigenvalue weighted by Crippen LogP contribution is 2.32. The number of phenols is 1. The zero-order chi connectivity index (χ0) is 11.8. The first-order valence-electron chi connectivity index (χ1n) is 5.48. The molecular weight excluding hydrogens is 212 g/mol. The van der Waals surface area contributed by atoms with Crippen molar-refractivity contribution in [2.45, 2.75) is 0 Å². The first-order valence-corrected chi connectivity index (χ1v) is 5.48. The molecule has 0 spiro atoms. The lowest BCUT2D eigenvalue weighted by Gasteiger charge is -2.07. The minimum absolute atomic E-state index is 0.312. The van der Waals surface area contributed by atoms with Crippen LogP contribution in [0.15, 0.2) is 48.5 Å². The molecule has 0 aliphatic heterocycles. The van der Waals surface area contributed by atoms with E-state index in [1.165, 1.54) is 0 Å². The minimum atomic E-state index is 0.312. The second kappa shape index (κ2) is 3.67. The summed E-state index contributed by atoms with van der Waals surface area (Å²) in [7, 11) is 1.66. The average molecular weight is 224 g/mol. The van der Waals surface area contributed by atoms with Gasteiger partial charge in [0.1, 0.15) is 11.5 Å². The van der Waals surface area contributed by atoms with E-state index in [0.29, 0.717) is 5.75 Å². The van der Waals surface area contributed by atoms with Crippen molar-refractivity contribution in [3.05, 3.63) is 48.5 Å². The Bertz CT molecular complexity index is 702. The van der Waals surface area contributed by atoms with Gasteiger partial charge in [0.25, 0.3) is 0 Å². The van der Waals surface area contributed by atoms with Gasteiger partial charge in [-0.2, -0.15) is 0 Å². The molecule has 0 unspecified atom stereocenters. The fourth-order valence-electron chi connectivity index (χ4n) is 2.18. The lowest BCUT2D eigenvalue weighted by molar-refractivity contribution is 0.415. The first kappa shape index (κ1) is 9.97. The number of aromatic hydroxyl groups is 1. The summed E-state index contributed by atoms with van der Waals surface area (Å²) in [6.07, 6.45) is 0. The fraction of sp³-hybridized carbons (Fsp3) is 0.0667. The summed E-state index contributed by atoms with van der Waals surface area (Å²) in [5.74, 6) is 1.14. The van der Waals surface area contributed by atoms with Crippen LogP contribution in [0.5, 0.6) is 11.5 Å². The third-order valence-electron chi connectivity index (χ3n) is 3.06. The van der Waals surface area contributed by atoms with Gasteiger partial charge in [-0.1, -0.05) is 30.3 Å². The van der Waals surface area contributed by atoms with Crippen molar-refractivity contribution in [1.82, 2.24) is 0 Å². The van der Waals surface area contributed by atoms with Gasteiger partial charge in [-0.3, -0.25) is 0 Å². The summed E-state index contributed by atoms with van der Waals surface area (Å²) in [5, 5.41) is 14.0. The molecule has 0 saturated heterocycles. The summed E-state index contributed by atoms with van der Waals surface area (Å²) in [4.78, 5) is 0. The fourth-order valence-corrected chi connectivity index (χ4v) is 2.18. The van der Waals surface area contributed by atoms with Crippen LogP contribution in [-0.4, -0.2) is 12.2 Å². The van der Waals surface area contributed by atoms with Crippen LogP contribution < -0.4 is 4.74 Å². The Morgan fingerprint density at radius 3 is 2.53 bits per heavy atom. The van der Waals surface area contributed by atoms with E-state index in [9.17, 15) is 5.11 Å². The Balaban J connectivity index is 2.49. The van der Waals surface area contributed by atoms with Crippen LogP contribution in [0.3, 0.4) is 0 Å². The molecule has 0 bridgehead atoms. The van der Waals surface area contributed by atoms with Crippen molar-refractivity contribution < 1.29 is 9.84 Å². The van der Waals surface area contributed by atoms with Crippen molar-refractivity contribution >= 4 is 21.5 Å². The lowest BCUT2D eigenvalue weighted by Crippen LogP contribution is -1.83. The van der Waals surface area contributed by atoms with E-state index in [0.717, 1.165) is 27.3 Å². The molecule has 17 heavy (non-hydrogen) atoms. The predicted molar refractivity (Wildman–Crippen MR) is 69.7 cm³/mol. The molecule has 2 heteroatoms. The molecule has 0 aliphatic carbocycles. The summed E-state index contributed by atoms with van der Waals surface area (Å²) in [5.41, 5.74) is 0. The number of hydrogen-bond acceptors (Lipinski definition) is 2. The Labute approximate surface area is 99.1 Å². The minimum Gasteiger partial charge on any atom is -0.507 e. The second-order valence-electron chi connectivity index (χ2n) is 4.02. The van der Waals surface area contributed by atoms with Crippen LogP contribution in [-0.2, 0) is 0 Å². The summed E-state index contributed by atoms with van der Waals surface area (Å²) in [6, 6.07) is 15.5. The van der Waals surface area contributed by atoms with E-state index in [2.05, 4.69) is 0 Å². The van der Waals surface area contributed by atoms with E-state index < -0.39 is 0 Å². The molecule has 0 aliphatic rings.